The first-order chi connectivity index (χ1) is 15.8. The van der Waals surface area contributed by atoms with Gasteiger partial charge in [0.05, 0.1) is 0 Å². The Kier molecular flexibility index (Phi) is 6.44. The highest BCUT2D eigenvalue weighted by molar-refractivity contribution is 5.88. The molecule has 1 N–H and O–H groups in total. The quantitative estimate of drug-likeness (QED) is 0.329. The van der Waals surface area contributed by atoms with Gasteiger partial charge in [-0.25, -0.2) is 4.79 Å². The van der Waals surface area contributed by atoms with E-state index in [4.69, 9.17) is 4.74 Å². The van der Waals surface area contributed by atoms with Crippen molar-refractivity contribution in [2.75, 3.05) is 0 Å². The van der Waals surface area contributed by atoms with Gasteiger partial charge in [-0.1, -0.05) is 57.1 Å². The van der Waals surface area contributed by atoms with E-state index in [0.29, 0.717) is 24.2 Å². The molecule has 4 nitrogen and oxygen atoms in total. The van der Waals surface area contributed by atoms with Crippen molar-refractivity contribution in [1.29, 1.82) is 0 Å². The van der Waals surface area contributed by atoms with Crippen LogP contribution < -0.4 is 0 Å². The lowest BCUT2D eigenvalue weighted by atomic mass is 9.47. The SMILES string of the molecule is C=C(C)[C@@H]1CCC2=C(CC[C@]3(C)[C@@H]([C@H](C)[C@H]4CC=C(C)C(=O)O4)CC[C@@]23C)[C@@]1(C)CCC(=O)O. The third kappa shape index (κ3) is 3.71. The molecule has 0 bridgehead atoms. The molecule has 0 saturated heterocycles. The van der Waals surface area contributed by atoms with Crippen molar-refractivity contribution in [3.8, 4) is 0 Å². The number of carboxylic acids is 1. The molecule has 7 atom stereocenters. The van der Waals surface area contributed by atoms with Gasteiger partial charge in [-0.3, -0.25) is 4.79 Å². The highest BCUT2D eigenvalue weighted by Crippen LogP contribution is 2.71. The van der Waals surface area contributed by atoms with Crippen LogP contribution in [0.1, 0.15) is 99.3 Å². The topological polar surface area (TPSA) is 63.6 Å². The van der Waals surface area contributed by atoms with Crippen molar-refractivity contribution in [2.24, 2.45) is 34.0 Å². The van der Waals surface area contributed by atoms with Crippen LogP contribution in [0, 0.1) is 34.0 Å². The van der Waals surface area contributed by atoms with Crippen molar-refractivity contribution < 1.29 is 19.4 Å². The van der Waals surface area contributed by atoms with Crippen LogP contribution in [0.3, 0.4) is 0 Å². The summed E-state index contributed by atoms with van der Waals surface area (Å²) in [5.74, 6) is 0.330. The van der Waals surface area contributed by atoms with Crippen LogP contribution in [0.4, 0.5) is 0 Å². The molecule has 4 rings (SSSR count). The Morgan fingerprint density at radius 3 is 2.53 bits per heavy atom. The van der Waals surface area contributed by atoms with Crippen molar-refractivity contribution in [3.63, 3.8) is 0 Å². The first kappa shape index (κ1) is 25.3. The Morgan fingerprint density at radius 1 is 1.21 bits per heavy atom. The maximum Gasteiger partial charge on any atom is 0.333 e. The summed E-state index contributed by atoms with van der Waals surface area (Å²) in [6.45, 7) is 17.9. The smallest absolute Gasteiger partial charge is 0.333 e. The summed E-state index contributed by atoms with van der Waals surface area (Å²) in [5, 5.41) is 9.50. The molecule has 1 aliphatic heterocycles. The number of fused-ring (bicyclic) bond motifs is 2. The summed E-state index contributed by atoms with van der Waals surface area (Å²) in [7, 11) is 0. The fourth-order valence-electron chi connectivity index (χ4n) is 8.72. The molecule has 0 unspecified atom stereocenters. The molecule has 3 aliphatic carbocycles. The van der Waals surface area contributed by atoms with Gasteiger partial charge >= 0.3 is 11.9 Å². The molecule has 4 heteroatoms. The van der Waals surface area contributed by atoms with Gasteiger partial charge < -0.3 is 9.84 Å². The molecule has 1 fully saturated rings. The molecule has 0 aromatic rings. The molecule has 1 heterocycles. The lowest BCUT2D eigenvalue weighted by Crippen LogP contribution is -2.49. The summed E-state index contributed by atoms with van der Waals surface area (Å²) in [4.78, 5) is 23.8. The number of ether oxygens (including phenoxy) is 1. The third-order valence-corrected chi connectivity index (χ3v) is 11.0. The van der Waals surface area contributed by atoms with Crippen LogP contribution in [0.25, 0.3) is 0 Å². The number of hydrogen-bond donors (Lipinski definition) is 1. The number of cyclic esters (lactones) is 1. The number of aliphatic carboxylic acids is 1. The third-order valence-electron chi connectivity index (χ3n) is 11.0. The Morgan fingerprint density at radius 2 is 1.91 bits per heavy atom. The largest absolute Gasteiger partial charge is 0.481 e. The molecule has 0 radical (unpaired) electrons. The van der Waals surface area contributed by atoms with Crippen molar-refractivity contribution >= 4 is 11.9 Å². The monoisotopic (exact) mass is 468 g/mol. The number of esters is 1. The van der Waals surface area contributed by atoms with Crippen LogP contribution in [0.15, 0.2) is 34.9 Å². The second-order valence-electron chi connectivity index (χ2n) is 12.5. The van der Waals surface area contributed by atoms with Gasteiger partial charge in [0.2, 0.25) is 0 Å². The number of carbonyl (C=O) groups excluding carboxylic acids is 1. The molecule has 0 aromatic carbocycles. The van der Waals surface area contributed by atoms with E-state index in [1.165, 1.54) is 12.0 Å². The molecule has 0 amide bonds. The summed E-state index contributed by atoms with van der Waals surface area (Å²) in [6.07, 6.45) is 10.4. The van der Waals surface area contributed by atoms with E-state index in [1.54, 1.807) is 11.1 Å². The first-order valence-electron chi connectivity index (χ1n) is 13.3. The zero-order valence-corrected chi connectivity index (χ0v) is 22.1. The summed E-state index contributed by atoms with van der Waals surface area (Å²) in [5.41, 5.74) is 5.26. The van der Waals surface area contributed by atoms with E-state index in [2.05, 4.69) is 47.3 Å². The van der Waals surface area contributed by atoms with Crippen molar-refractivity contribution in [1.82, 2.24) is 0 Å². The molecule has 188 valence electrons. The number of rotatable bonds is 6. The fraction of sp³-hybridized carbons (Fsp3) is 0.733. The van der Waals surface area contributed by atoms with Gasteiger partial charge in [0.15, 0.2) is 0 Å². The van der Waals surface area contributed by atoms with Crippen molar-refractivity contribution in [2.45, 2.75) is 105 Å². The number of carbonyl (C=O) groups is 2. The minimum absolute atomic E-state index is 0.0317. The molecule has 4 aliphatic rings. The second kappa shape index (κ2) is 8.68. The zero-order valence-electron chi connectivity index (χ0n) is 22.1. The molecule has 34 heavy (non-hydrogen) atoms. The molecule has 1 saturated carbocycles. The Labute approximate surface area is 205 Å². The minimum atomic E-state index is -0.706. The second-order valence-corrected chi connectivity index (χ2v) is 12.5. The number of carboxylic acid groups (broad SMARTS) is 1. The fourth-order valence-corrected chi connectivity index (χ4v) is 8.72. The van der Waals surface area contributed by atoms with E-state index in [1.807, 2.05) is 6.92 Å². The highest BCUT2D eigenvalue weighted by Gasteiger charge is 2.62. The van der Waals surface area contributed by atoms with Crippen molar-refractivity contribution in [3.05, 3.63) is 34.9 Å². The number of hydrogen-bond acceptors (Lipinski definition) is 3. The predicted octanol–water partition coefficient (Wildman–Crippen LogP) is 7.25. The lowest BCUT2D eigenvalue weighted by molar-refractivity contribution is -0.150. The van der Waals surface area contributed by atoms with E-state index in [-0.39, 0.29) is 34.7 Å². The molecule has 0 spiro atoms. The van der Waals surface area contributed by atoms with Crippen LogP contribution in [-0.4, -0.2) is 23.1 Å². The van der Waals surface area contributed by atoms with Crippen LogP contribution in [0.2, 0.25) is 0 Å². The zero-order chi connectivity index (χ0) is 25.1. The minimum Gasteiger partial charge on any atom is -0.481 e. The van der Waals surface area contributed by atoms with Gasteiger partial charge in [-0.15, -0.1) is 0 Å². The average Bonchev–Trinajstić information content (AvgIpc) is 3.05. The van der Waals surface area contributed by atoms with E-state index >= 15 is 0 Å². The van der Waals surface area contributed by atoms with Crippen LogP contribution in [-0.2, 0) is 14.3 Å². The Bertz CT molecular complexity index is 957. The van der Waals surface area contributed by atoms with Gasteiger partial charge in [-0.2, -0.15) is 0 Å². The normalized spacial score (nSPS) is 40.7. The van der Waals surface area contributed by atoms with Crippen LogP contribution in [0.5, 0.6) is 0 Å². The average molecular weight is 469 g/mol. The highest BCUT2D eigenvalue weighted by atomic mass is 16.5. The Hall–Kier alpha value is -1.84. The maximum atomic E-state index is 12.3. The maximum absolute atomic E-state index is 12.3. The molecular weight excluding hydrogens is 424 g/mol. The summed E-state index contributed by atoms with van der Waals surface area (Å²) >= 11 is 0. The number of allylic oxidation sites excluding steroid dienone is 3. The van der Waals surface area contributed by atoms with Gasteiger partial charge in [-0.05, 0) is 92.8 Å². The standard InChI is InChI=1S/C30H44O4/c1-18(2)21-9-10-24-23(28(21,5)15-14-26(31)32)13-17-29(6)22(12-16-30(24,29)7)20(4)25-11-8-19(3)27(33)34-25/h8,20-22,25H,1,9-17H2,2-7H3,(H,31,32)/t20-,21-,22+,25+,28-,29+,30-/m0/s1. The summed E-state index contributed by atoms with van der Waals surface area (Å²) < 4.78 is 5.88. The predicted molar refractivity (Wildman–Crippen MR) is 135 cm³/mol. The van der Waals surface area contributed by atoms with Gasteiger partial charge in [0.1, 0.15) is 6.10 Å². The summed E-state index contributed by atoms with van der Waals surface area (Å²) in [6, 6.07) is 0. The van der Waals surface area contributed by atoms with Gasteiger partial charge in [0.25, 0.3) is 0 Å². The van der Waals surface area contributed by atoms with E-state index in [9.17, 15) is 14.7 Å². The molecular formula is C30H44O4. The van der Waals surface area contributed by atoms with E-state index in [0.717, 1.165) is 44.1 Å². The van der Waals surface area contributed by atoms with Gasteiger partial charge in [0, 0.05) is 18.4 Å². The lowest BCUT2D eigenvalue weighted by Gasteiger charge is -2.58. The van der Waals surface area contributed by atoms with Crippen LogP contribution >= 0.6 is 0 Å². The first-order valence-corrected chi connectivity index (χ1v) is 13.3. The van der Waals surface area contributed by atoms with E-state index < -0.39 is 5.97 Å². The Balaban J connectivity index is 1.68. The molecule has 0 aromatic heterocycles.